The summed E-state index contributed by atoms with van der Waals surface area (Å²) in [6.45, 7) is 2.53. The molecule has 4 heteroatoms. The van der Waals surface area contributed by atoms with Crippen LogP contribution in [0.25, 0.3) is 0 Å². The van der Waals surface area contributed by atoms with Gasteiger partial charge in [0, 0.05) is 12.6 Å². The average molecular weight is 234 g/mol. The minimum Gasteiger partial charge on any atom is -0.481 e. The van der Waals surface area contributed by atoms with Crippen LogP contribution in [-0.2, 0) is 11.3 Å². The number of benzene rings is 1. The molecule has 4 nitrogen and oxygen atoms in total. The Bertz CT molecular complexity index is 385. The van der Waals surface area contributed by atoms with Crippen molar-refractivity contribution in [1.29, 1.82) is 0 Å². The normalized spacial score (nSPS) is 16.5. The van der Waals surface area contributed by atoms with E-state index in [0.717, 1.165) is 6.54 Å². The molecule has 1 aromatic rings. The summed E-state index contributed by atoms with van der Waals surface area (Å²) in [6.07, 6.45) is 1.99. The lowest BCUT2D eigenvalue weighted by molar-refractivity contribution is -0.123. The Kier molecular flexibility index (Phi) is 3.64. The van der Waals surface area contributed by atoms with E-state index < -0.39 is 12.0 Å². The van der Waals surface area contributed by atoms with Crippen molar-refractivity contribution in [2.45, 2.75) is 38.5 Å². The van der Waals surface area contributed by atoms with Crippen LogP contribution in [0.4, 0.5) is 0 Å². The van der Waals surface area contributed by atoms with Crippen molar-refractivity contribution in [3.05, 3.63) is 29.8 Å². The van der Waals surface area contributed by atoms with Gasteiger partial charge in [-0.3, -0.25) is 4.79 Å². The summed E-state index contributed by atoms with van der Waals surface area (Å²) in [5, 5.41) is 3.44. The van der Waals surface area contributed by atoms with Crippen molar-refractivity contribution in [3.8, 4) is 5.75 Å². The fraction of sp³-hybridized carbons (Fsp3) is 0.462. The predicted molar refractivity (Wildman–Crippen MR) is 65.6 cm³/mol. The lowest BCUT2D eigenvalue weighted by atomic mass is 10.2. The van der Waals surface area contributed by atoms with E-state index in [1.54, 1.807) is 6.92 Å². The van der Waals surface area contributed by atoms with E-state index in [-0.39, 0.29) is 0 Å². The van der Waals surface area contributed by atoms with Crippen LogP contribution in [-0.4, -0.2) is 18.1 Å². The summed E-state index contributed by atoms with van der Waals surface area (Å²) in [4.78, 5) is 10.8. The van der Waals surface area contributed by atoms with Gasteiger partial charge in [0.2, 0.25) is 0 Å². The SMILES string of the molecule is CC(Oc1ccc(CNC2CC2)cc1)C(N)=O. The molecule has 0 aliphatic heterocycles. The number of hydrogen-bond donors (Lipinski definition) is 2. The Morgan fingerprint density at radius 3 is 2.65 bits per heavy atom. The second-order valence-electron chi connectivity index (χ2n) is 4.46. The highest BCUT2D eigenvalue weighted by Crippen LogP contribution is 2.20. The van der Waals surface area contributed by atoms with Crippen molar-refractivity contribution in [2.75, 3.05) is 0 Å². The first-order chi connectivity index (χ1) is 8.15. The van der Waals surface area contributed by atoms with Gasteiger partial charge < -0.3 is 15.8 Å². The summed E-state index contributed by atoms with van der Waals surface area (Å²) < 4.78 is 5.37. The number of nitrogens with two attached hydrogens (primary N) is 1. The molecule has 0 spiro atoms. The number of primary amides is 1. The van der Waals surface area contributed by atoms with E-state index in [1.807, 2.05) is 24.3 Å². The molecule has 0 aromatic heterocycles. The van der Waals surface area contributed by atoms with Gasteiger partial charge in [-0.25, -0.2) is 0 Å². The van der Waals surface area contributed by atoms with Gasteiger partial charge in [0.15, 0.2) is 6.10 Å². The lowest BCUT2D eigenvalue weighted by Gasteiger charge is -2.11. The van der Waals surface area contributed by atoms with Gasteiger partial charge in [0.25, 0.3) is 5.91 Å². The molecule has 1 aliphatic rings. The van der Waals surface area contributed by atoms with E-state index in [0.29, 0.717) is 11.8 Å². The van der Waals surface area contributed by atoms with Crippen LogP contribution in [0.1, 0.15) is 25.3 Å². The standard InChI is InChI=1S/C13H18N2O2/c1-9(13(14)16)17-12-6-2-10(3-7-12)8-15-11-4-5-11/h2-3,6-7,9,11,15H,4-5,8H2,1H3,(H2,14,16). The Morgan fingerprint density at radius 2 is 2.12 bits per heavy atom. The van der Waals surface area contributed by atoms with Crippen LogP contribution in [0, 0.1) is 0 Å². The minimum absolute atomic E-state index is 0.454. The molecule has 0 saturated heterocycles. The molecule has 1 amide bonds. The highest BCUT2D eigenvalue weighted by Gasteiger charge is 2.19. The zero-order chi connectivity index (χ0) is 12.3. The lowest BCUT2D eigenvalue weighted by Crippen LogP contribution is -2.30. The second-order valence-corrected chi connectivity index (χ2v) is 4.46. The summed E-state index contributed by atoms with van der Waals surface area (Å²) in [5.74, 6) is 0.218. The molecular weight excluding hydrogens is 216 g/mol. The van der Waals surface area contributed by atoms with Gasteiger partial charge in [0.05, 0.1) is 0 Å². The molecule has 92 valence electrons. The summed E-state index contributed by atoms with van der Waals surface area (Å²) >= 11 is 0. The quantitative estimate of drug-likeness (QED) is 0.777. The molecule has 1 fully saturated rings. The maximum atomic E-state index is 10.8. The average Bonchev–Trinajstić information content (AvgIpc) is 3.12. The van der Waals surface area contributed by atoms with Gasteiger partial charge in [-0.05, 0) is 37.5 Å². The Balaban J connectivity index is 1.85. The monoisotopic (exact) mass is 234 g/mol. The van der Waals surface area contributed by atoms with Crippen molar-refractivity contribution >= 4 is 5.91 Å². The smallest absolute Gasteiger partial charge is 0.258 e. The first-order valence-electron chi connectivity index (χ1n) is 5.93. The van der Waals surface area contributed by atoms with Crippen molar-refractivity contribution in [3.63, 3.8) is 0 Å². The summed E-state index contributed by atoms with van der Waals surface area (Å²) in [5.41, 5.74) is 6.35. The van der Waals surface area contributed by atoms with Crippen LogP contribution < -0.4 is 15.8 Å². The molecule has 1 atom stereocenters. The third-order valence-corrected chi connectivity index (χ3v) is 2.81. The Morgan fingerprint density at radius 1 is 1.47 bits per heavy atom. The number of rotatable bonds is 6. The number of carbonyl (C=O) groups excluding carboxylic acids is 1. The molecule has 0 heterocycles. The highest BCUT2D eigenvalue weighted by atomic mass is 16.5. The van der Waals surface area contributed by atoms with Gasteiger partial charge in [-0.2, -0.15) is 0 Å². The Hall–Kier alpha value is -1.55. The first-order valence-corrected chi connectivity index (χ1v) is 5.93. The van der Waals surface area contributed by atoms with Crippen LogP contribution in [0.15, 0.2) is 24.3 Å². The maximum Gasteiger partial charge on any atom is 0.258 e. The molecular formula is C13H18N2O2. The van der Waals surface area contributed by atoms with Crippen LogP contribution in [0.3, 0.4) is 0 Å². The van der Waals surface area contributed by atoms with Crippen molar-refractivity contribution in [1.82, 2.24) is 5.32 Å². The minimum atomic E-state index is -0.592. The predicted octanol–water partition coefficient (Wildman–Crippen LogP) is 1.19. The number of amides is 1. The van der Waals surface area contributed by atoms with E-state index in [4.69, 9.17) is 10.5 Å². The molecule has 1 aliphatic carbocycles. The molecule has 0 radical (unpaired) electrons. The van der Waals surface area contributed by atoms with Gasteiger partial charge in [-0.1, -0.05) is 12.1 Å². The zero-order valence-electron chi connectivity index (χ0n) is 9.98. The number of ether oxygens (including phenoxy) is 1. The highest BCUT2D eigenvalue weighted by molar-refractivity contribution is 5.78. The van der Waals surface area contributed by atoms with Gasteiger partial charge >= 0.3 is 0 Å². The maximum absolute atomic E-state index is 10.8. The topological polar surface area (TPSA) is 64.3 Å². The largest absolute Gasteiger partial charge is 0.481 e. The molecule has 1 unspecified atom stereocenters. The molecule has 3 N–H and O–H groups in total. The summed E-state index contributed by atoms with van der Waals surface area (Å²) in [7, 11) is 0. The van der Waals surface area contributed by atoms with E-state index >= 15 is 0 Å². The second kappa shape index (κ2) is 5.19. The molecule has 2 rings (SSSR count). The zero-order valence-corrected chi connectivity index (χ0v) is 9.98. The fourth-order valence-electron chi connectivity index (χ4n) is 1.50. The van der Waals surface area contributed by atoms with Crippen molar-refractivity contribution in [2.24, 2.45) is 5.73 Å². The molecule has 1 saturated carbocycles. The van der Waals surface area contributed by atoms with E-state index in [1.165, 1.54) is 18.4 Å². The van der Waals surface area contributed by atoms with Crippen LogP contribution in [0.2, 0.25) is 0 Å². The van der Waals surface area contributed by atoms with Crippen LogP contribution in [0.5, 0.6) is 5.75 Å². The Labute approximate surface area is 101 Å². The first kappa shape index (κ1) is 11.9. The third-order valence-electron chi connectivity index (χ3n) is 2.81. The van der Waals surface area contributed by atoms with E-state index in [2.05, 4.69) is 5.32 Å². The molecule has 1 aromatic carbocycles. The number of nitrogens with one attached hydrogen (secondary N) is 1. The van der Waals surface area contributed by atoms with Crippen LogP contribution >= 0.6 is 0 Å². The number of hydrogen-bond acceptors (Lipinski definition) is 3. The summed E-state index contributed by atoms with van der Waals surface area (Å²) in [6, 6.07) is 8.43. The van der Waals surface area contributed by atoms with Gasteiger partial charge in [0.1, 0.15) is 5.75 Å². The number of carbonyl (C=O) groups is 1. The van der Waals surface area contributed by atoms with Crippen molar-refractivity contribution < 1.29 is 9.53 Å². The molecule has 0 bridgehead atoms. The van der Waals surface area contributed by atoms with Gasteiger partial charge in [-0.15, -0.1) is 0 Å². The molecule has 17 heavy (non-hydrogen) atoms. The van der Waals surface area contributed by atoms with E-state index in [9.17, 15) is 4.79 Å². The fourth-order valence-corrected chi connectivity index (χ4v) is 1.50. The third kappa shape index (κ3) is 3.75.